The molecule has 2 N–H and O–H groups in total. The van der Waals surface area contributed by atoms with E-state index in [1.165, 1.54) is 0 Å². The summed E-state index contributed by atoms with van der Waals surface area (Å²) in [4.78, 5) is 23.0. The van der Waals surface area contributed by atoms with Gasteiger partial charge in [-0.3, -0.25) is 9.59 Å². The molecule has 3 rings (SSSR count). The van der Waals surface area contributed by atoms with Crippen LogP contribution < -0.4 is 0 Å². The Morgan fingerprint density at radius 1 is 1.00 bits per heavy atom. The summed E-state index contributed by atoms with van der Waals surface area (Å²) >= 11 is 3.47. The van der Waals surface area contributed by atoms with E-state index >= 15 is 0 Å². The van der Waals surface area contributed by atoms with Crippen LogP contribution in [-0.2, 0) is 22.4 Å². The third kappa shape index (κ3) is 1.66. The van der Waals surface area contributed by atoms with E-state index in [9.17, 15) is 19.8 Å². The van der Waals surface area contributed by atoms with Crippen molar-refractivity contribution in [2.24, 2.45) is 5.41 Å². The predicted molar refractivity (Wildman–Crippen MR) is 76.8 cm³/mol. The average Bonchev–Trinajstić information content (AvgIpc) is 2.42. The van der Waals surface area contributed by atoms with Crippen LogP contribution in [0.2, 0.25) is 0 Å². The first-order valence-electron chi connectivity index (χ1n) is 6.11. The van der Waals surface area contributed by atoms with Crippen molar-refractivity contribution < 1.29 is 19.8 Å². The number of carbonyl (C=O) groups is 2. The summed E-state index contributed by atoms with van der Waals surface area (Å²) < 4.78 is 0.927. The lowest BCUT2D eigenvalue weighted by atomic mass is 9.70. The van der Waals surface area contributed by atoms with Gasteiger partial charge < -0.3 is 10.2 Å². The molecule has 0 heterocycles. The van der Waals surface area contributed by atoms with Crippen molar-refractivity contribution in [1.82, 2.24) is 0 Å². The number of carboxylic acid groups (broad SMARTS) is 2. The lowest BCUT2D eigenvalue weighted by Crippen LogP contribution is -2.45. The SMILES string of the molecule is O=C(O)C1(C(=O)O)Cc2cccc3c(Br)ccc(c23)C1. The van der Waals surface area contributed by atoms with Gasteiger partial charge in [0.25, 0.3) is 0 Å². The maximum atomic E-state index is 11.5. The van der Waals surface area contributed by atoms with Gasteiger partial charge in [-0.25, -0.2) is 0 Å². The lowest BCUT2D eigenvalue weighted by Gasteiger charge is -2.31. The van der Waals surface area contributed by atoms with Gasteiger partial charge in [0.05, 0.1) is 0 Å². The third-order valence-electron chi connectivity index (χ3n) is 3.96. The van der Waals surface area contributed by atoms with Crippen molar-refractivity contribution in [3.8, 4) is 0 Å². The Labute approximate surface area is 123 Å². The first kappa shape index (κ1) is 13.1. The Bertz CT molecular complexity index is 723. The summed E-state index contributed by atoms with van der Waals surface area (Å²) in [5.41, 5.74) is -0.223. The summed E-state index contributed by atoms with van der Waals surface area (Å²) in [6.45, 7) is 0. The van der Waals surface area contributed by atoms with E-state index in [1.807, 2.05) is 18.2 Å². The number of hydrogen-bond donors (Lipinski definition) is 2. The van der Waals surface area contributed by atoms with Crippen molar-refractivity contribution in [1.29, 1.82) is 0 Å². The molecule has 4 nitrogen and oxygen atoms in total. The Kier molecular flexibility index (Phi) is 2.83. The van der Waals surface area contributed by atoms with E-state index in [-0.39, 0.29) is 12.8 Å². The van der Waals surface area contributed by atoms with E-state index in [1.54, 1.807) is 12.1 Å². The molecule has 0 bridgehead atoms. The van der Waals surface area contributed by atoms with Crippen LogP contribution in [0.3, 0.4) is 0 Å². The Balaban J connectivity index is 2.30. The maximum absolute atomic E-state index is 11.5. The van der Waals surface area contributed by atoms with Crippen LogP contribution in [0.25, 0.3) is 10.8 Å². The van der Waals surface area contributed by atoms with Crippen LogP contribution in [0, 0.1) is 5.41 Å². The molecule has 0 radical (unpaired) electrons. The summed E-state index contributed by atoms with van der Waals surface area (Å²) in [6.07, 6.45) is 0.0247. The molecule has 5 heteroatoms. The van der Waals surface area contributed by atoms with Crippen molar-refractivity contribution in [2.75, 3.05) is 0 Å². The van der Waals surface area contributed by atoms with Gasteiger partial charge in [-0.2, -0.15) is 0 Å². The van der Waals surface area contributed by atoms with E-state index in [0.29, 0.717) is 0 Å². The van der Waals surface area contributed by atoms with Crippen molar-refractivity contribution in [3.05, 3.63) is 45.9 Å². The number of aliphatic carboxylic acids is 2. The first-order chi connectivity index (χ1) is 9.45. The molecule has 20 heavy (non-hydrogen) atoms. The summed E-state index contributed by atoms with van der Waals surface area (Å²) in [7, 11) is 0. The maximum Gasteiger partial charge on any atom is 0.321 e. The topological polar surface area (TPSA) is 74.6 Å². The van der Waals surface area contributed by atoms with Gasteiger partial charge in [0.1, 0.15) is 0 Å². The Morgan fingerprint density at radius 3 is 2.20 bits per heavy atom. The van der Waals surface area contributed by atoms with Gasteiger partial charge in [0.2, 0.25) is 0 Å². The smallest absolute Gasteiger partial charge is 0.321 e. The molecule has 0 atom stereocenters. The molecule has 0 fully saturated rings. The summed E-state index contributed by atoms with van der Waals surface area (Å²) in [5.74, 6) is -2.56. The van der Waals surface area contributed by atoms with Crippen LogP contribution in [0.4, 0.5) is 0 Å². The average molecular weight is 335 g/mol. The number of hydrogen-bond acceptors (Lipinski definition) is 2. The van der Waals surface area contributed by atoms with Crippen molar-refractivity contribution >= 4 is 38.6 Å². The Morgan fingerprint density at radius 2 is 1.60 bits per heavy atom. The largest absolute Gasteiger partial charge is 0.480 e. The highest BCUT2D eigenvalue weighted by Crippen LogP contribution is 2.41. The molecule has 0 spiro atoms. The second kappa shape index (κ2) is 4.31. The summed E-state index contributed by atoms with van der Waals surface area (Å²) in [6, 6.07) is 9.21. The lowest BCUT2D eigenvalue weighted by molar-refractivity contribution is -0.164. The zero-order valence-corrected chi connectivity index (χ0v) is 12.0. The molecule has 0 unspecified atom stereocenters. The zero-order valence-electron chi connectivity index (χ0n) is 10.4. The van der Waals surface area contributed by atoms with Crippen molar-refractivity contribution in [3.63, 3.8) is 0 Å². The van der Waals surface area contributed by atoms with Gasteiger partial charge in [0, 0.05) is 17.3 Å². The zero-order chi connectivity index (χ0) is 14.5. The molecule has 0 aromatic heterocycles. The quantitative estimate of drug-likeness (QED) is 0.828. The number of halogens is 1. The second-order valence-electron chi connectivity index (χ2n) is 5.09. The normalized spacial score (nSPS) is 16.1. The fourth-order valence-corrected chi connectivity index (χ4v) is 3.39. The number of benzene rings is 2. The summed E-state index contributed by atoms with van der Waals surface area (Å²) in [5, 5.41) is 20.8. The minimum absolute atomic E-state index is 0.0124. The van der Waals surface area contributed by atoms with Gasteiger partial charge in [0.15, 0.2) is 5.41 Å². The van der Waals surface area contributed by atoms with Gasteiger partial charge in [-0.1, -0.05) is 40.2 Å². The van der Waals surface area contributed by atoms with E-state index < -0.39 is 17.4 Å². The highest BCUT2D eigenvalue weighted by molar-refractivity contribution is 9.10. The van der Waals surface area contributed by atoms with Crippen LogP contribution in [-0.4, -0.2) is 22.2 Å². The van der Waals surface area contributed by atoms with Gasteiger partial charge >= 0.3 is 11.9 Å². The monoisotopic (exact) mass is 334 g/mol. The molecular weight excluding hydrogens is 324 g/mol. The minimum Gasteiger partial charge on any atom is -0.480 e. The molecule has 0 aliphatic heterocycles. The van der Waals surface area contributed by atoms with E-state index in [0.717, 1.165) is 26.4 Å². The van der Waals surface area contributed by atoms with E-state index in [2.05, 4.69) is 15.9 Å². The number of carboxylic acids is 2. The minimum atomic E-state index is -1.77. The van der Waals surface area contributed by atoms with Gasteiger partial charge in [-0.15, -0.1) is 0 Å². The highest BCUT2D eigenvalue weighted by Gasteiger charge is 2.49. The predicted octanol–water partition coefficient (Wildman–Crippen LogP) is 2.86. The molecule has 2 aromatic rings. The third-order valence-corrected chi connectivity index (χ3v) is 4.65. The van der Waals surface area contributed by atoms with Crippen LogP contribution >= 0.6 is 15.9 Å². The fraction of sp³-hybridized carbons (Fsp3) is 0.200. The van der Waals surface area contributed by atoms with Crippen molar-refractivity contribution in [2.45, 2.75) is 12.8 Å². The first-order valence-corrected chi connectivity index (χ1v) is 6.91. The van der Waals surface area contributed by atoms with Crippen LogP contribution in [0.5, 0.6) is 0 Å². The fourth-order valence-electron chi connectivity index (χ4n) is 2.93. The molecule has 0 amide bonds. The molecule has 0 saturated carbocycles. The van der Waals surface area contributed by atoms with Crippen LogP contribution in [0.1, 0.15) is 11.1 Å². The highest BCUT2D eigenvalue weighted by atomic mass is 79.9. The van der Waals surface area contributed by atoms with E-state index in [4.69, 9.17) is 0 Å². The molecule has 102 valence electrons. The standard InChI is InChI=1S/C15H11BrO4/c16-11-5-4-9-7-15(13(17)18,14(19)20)6-8-2-1-3-10(11)12(8)9/h1-5H,6-7H2,(H,17,18)(H,19,20). The van der Waals surface area contributed by atoms with Gasteiger partial charge in [-0.05, 0) is 28.0 Å². The number of rotatable bonds is 2. The second-order valence-corrected chi connectivity index (χ2v) is 5.95. The molecule has 2 aromatic carbocycles. The molecular formula is C15H11BrO4. The molecule has 1 aliphatic rings. The molecule has 1 aliphatic carbocycles. The van der Waals surface area contributed by atoms with Crippen LogP contribution in [0.15, 0.2) is 34.8 Å². The Hall–Kier alpha value is -1.88. The molecule has 0 saturated heterocycles.